The van der Waals surface area contributed by atoms with Crippen LogP contribution >= 0.6 is 11.6 Å². The number of anilines is 3. The fraction of sp³-hybridized carbons (Fsp3) is 0.0556. The maximum atomic E-state index is 12.4. The van der Waals surface area contributed by atoms with E-state index in [1.807, 2.05) is 37.3 Å². The number of hydrogen-bond acceptors (Lipinski definition) is 4. The van der Waals surface area contributed by atoms with Gasteiger partial charge in [0.2, 0.25) is 0 Å². The van der Waals surface area contributed by atoms with Gasteiger partial charge in [0, 0.05) is 22.5 Å². The van der Waals surface area contributed by atoms with Crippen LogP contribution < -0.4 is 10.6 Å². The van der Waals surface area contributed by atoms with Gasteiger partial charge in [-0.25, -0.2) is 9.97 Å². The van der Waals surface area contributed by atoms with Crippen LogP contribution in [0.15, 0.2) is 60.9 Å². The Bertz CT molecular complexity index is 868. The van der Waals surface area contributed by atoms with Gasteiger partial charge in [0.05, 0.1) is 0 Å². The summed E-state index contributed by atoms with van der Waals surface area (Å²) < 4.78 is 0. The molecular formula is C18H15ClN4O. The first kappa shape index (κ1) is 16.0. The third kappa shape index (κ3) is 3.70. The third-order valence-corrected chi connectivity index (χ3v) is 3.87. The molecule has 0 fully saturated rings. The molecule has 0 aliphatic carbocycles. The Balaban J connectivity index is 1.78. The first-order valence-electron chi connectivity index (χ1n) is 7.34. The number of carbonyl (C=O) groups excluding carboxylic acids is 1. The van der Waals surface area contributed by atoms with Crippen molar-refractivity contribution in [2.75, 3.05) is 10.6 Å². The van der Waals surface area contributed by atoms with Crippen LogP contribution in [0.4, 0.5) is 17.2 Å². The van der Waals surface area contributed by atoms with Crippen LogP contribution in [-0.4, -0.2) is 15.9 Å². The molecule has 120 valence electrons. The van der Waals surface area contributed by atoms with E-state index >= 15 is 0 Å². The summed E-state index contributed by atoms with van der Waals surface area (Å²) in [6, 6.07) is 16.5. The van der Waals surface area contributed by atoms with Crippen LogP contribution in [0.5, 0.6) is 0 Å². The monoisotopic (exact) mass is 338 g/mol. The van der Waals surface area contributed by atoms with Gasteiger partial charge in [0.25, 0.3) is 5.91 Å². The highest BCUT2D eigenvalue weighted by atomic mass is 35.5. The molecule has 0 bridgehead atoms. The van der Waals surface area contributed by atoms with Gasteiger partial charge in [0.1, 0.15) is 17.8 Å². The number of amides is 1. The summed E-state index contributed by atoms with van der Waals surface area (Å²) in [5, 5.41) is 6.55. The van der Waals surface area contributed by atoms with Crippen LogP contribution in [0.25, 0.3) is 0 Å². The molecule has 6 heteroatoms. The van der Waals surface area contributed by atoms with Gasteiger partial charge in [-0.1, -0.05) is 35.9 Å². The summed E-state index contributed by atoms with van der Waals surface area (Å²) in [5.74, 6) is 0.225. The zero-order chi connectivity index (χ0) is 16.9. The average Bonchev–Trinajstić information content (AvgIpc) is 2.60. The van der Waals surface area contributed by atoms with E-state index in [2.05, 4.69) is 20.6 Å². The van der Waals surface area contributed by atoms with Crippen molar-refractivity contribution in [2.45, 2.75) is 6.92 Å². The minimum atomic E-state index is -0.320. The molecule has 2 N–H and O–H groups in total. The number of halogens is 1. The molecule has 0 aliphatic heterocycles. The first-order valence-corrected chi connectivity index (χ1v) is 7.72. The van der Waals surface area contributed by atoms with Crippen molar-refractivity contribution in [3.63, 3.8) is 0 Å². The molecule has 0 saturated heterocycles. The van der Waals surface area contributed by atoms with Gasteiger partial charge in [-0.15, -0.1) is 0 Å². The van der Waals surface area contributed by atoms with Gasteiger partial charge < -0.3 is 10.6 Å². The predicted octanol–water partition coefficient (Wildman–Crippen LogP) is 4.43. The quantitative estimate of drug-likeness (QED) is 0.738. The Labute approximate surface area is 144 Å². The third-order valence-electron chi connectivity index (χ3n) is 3.46. The fourth-order valence-corrected chi connectivity index (χ4v) is 2.32. The highest BCUT2D eigenvalue weighted by Crippen LogP contribution is 2.23. The van der Waals surface area contributed by atoms with E-state index in [4.69, 9.17) is 11.6 Å². The molecule has 0 aliphatic rings. The smallest absolute Gasteiger partial charge is 0.274 e. The van der Waals surface area contributed by atoms with E-state index in [0.717, 1.165) is 11.3 Å². The van der Waals surface area contributed by atoms with Crippen molar-refractivity contribution < 1.29 is 4.79 Å². The number of nitrogens with zero attached hydrogens (tertiary/aromatic N) is 2. The zero-order valence-corrected chi connectivity index (χ0v) is 13.7. The number of hydrogen-bond donors (Lipinski definition) is 2. The molecule has 0 atom stereocenters. The molecule has 0 radical (unpaired) electrons. The van der Waals surface area contributed by atoms with Gasteiger partial charge in [-0.2, -0.15) is 0 Å². The second kappa shape index (κ2) is 7.10. The SMILES string of the molecule is Cc1c(Cl)cccc1NC(=O)c1cc(Nc2ccccc2)ncn1. The molecule has 3 aromatic rings. The topological polar surface area (TPSA) is 66.9 Å². The van der Waals surface area contributed by atoms with Gasteiger partial charge in [0.15, 0.2) is 0 Å². The lowest BCUT2D eigenvalue weighted by Gasteiger charge is -2.10. The fourth-order valence-electron chi connectivity index (χ4n) is 2.15. The summed E-state index contributed by atoms with van der Waals surface area (Å²) in [4.78, 5) is 20.6. The lowest BCUT2D eigenvalue weighted by atomic mass is 10.2. The van der Waals surface area contributed by atoms with Crippen LogP contribution in [0.1, 0.15) is 16.1 Å². The normalized spacial score (nSPS) is 10.2. The van der Waals surface area contributed by atoms with Crippen molar-refractivity contribution in [3.8, 4) is 0 Å². The maximum absolute atomic E-state index is 12.4. The average molecular weight is 339 g/mol. The lowest BCUT2D eigenvalue weighted by molar-refractivity contribution is 0.102. The summed E-state index contributed by atoms with van der Waals surface area (Å²) in [6.45, 7) is 1.85. The molecule has 0 saturated carbocycles. The molecule has 1 amide bonds. The molecule has 3 rings (SSSR count). The van der Waals surface area contributed by atoms with Gasteiger partial charge in [-0.05, 0) is 36.8 Å². The van der Waals surface area contributed by atoms with Crippen molar-refractivity contribution in [2.24, 2.45) is 0 Å². The molecule has 5 nitrogen and oxygen atoms in total. The van der Waals surface area contributed by atoms with E-state index in [9.17, 15) is 4.79 Å². The minimum absolute atomic E-state index is 0.266. The van der Waals surface area contributed by atoms with Crippen molar-refractivity contribution in [1.82, 2.24) is 9.97 Å². The van der Waals surface area contributed by atoms with E-state index in [1.54, 1.807) is 24.3 Å². The largest absolute Gasteiger partial charge is 0.340 e. The van der Waals surface area contributed by atoms with E-state index in [1.165, 1.54) is 6.33 Å². The Kier molecular flexibility index (Phi) is 4.72. The van der Waals surface area contributed by atoms with Crippen LogP contribution in [0, 0.1) is 6.92 Å². The second-order valence-corrected chi connectivity index (χ2v) is 5.55. The second-order valence-electron chi connectivity index (χ2n) is 5.15. The molecular weight excluding hydrogens is 324 g/mol. The molecule has 2 aromatic carbocycles. The maximum Gasteiger partial charge on any atom is 0.274 e. The van der Waals surface area contributed by atoms with E-state index in [-0.39, 0.29) is 11.6 Å². The Morgan fingerprint density at radius 2 is 1.83 bits per heavy atom. The molecule has 1 aromatic heterocycles. The highest BCUT2D eigenvalue weighted by Gasteiger charge is 2.11. The minimum Gasteiger partial charge on any atom is -0.340 e. The summed E-state index contributed by atoms with van der Waals surface area (Å²) in [6.07, 6.45) is 1.35. The number of rotatable bonds is 4. The number of benzene rings is 2. The summed E-state index contributed by atoms with van der Waals surface area (Å²) in [7, 11) is 0. The van der Waals surface area contributed by atoms with Crippen LogP contribution in [0.2, 0.25) is 5.02 Å². The van der Waals surface area contributed by atoms with Gasteiger partial charge in [-0.3, -0.25) is 4.79 Å². The standard InChI is InChI=1S/C18H15ClN4O/c1-12-14(19)8-5-9-15(12)23-18(24)16-10-17(21-11-20-16)22-13-6-3-2-4-7-13/h2-11H,1H3,(H,23,24)(H,20,21,22). The molecule has 0 spiro atoms. The molecule has 1 heterocycles. The van der Waals surface area contributed by atoms with Crippen molar-refractivity contribution >= 4 is 34.7 Å². The molecule has 0 unspecified atom stereocenters. The van der Waals surface area contributed by atoms with Gasteiger partial charge >= 0.3 is 0 Å². The van der Waals surface area contributed by atoms with E-state index < -0.39 is 0 Å². The predicted molar refractivity (Wildman–Crippen MR) is 95.9 cm³/mol. The highest BCUT2D eigenvalue weighted by molar-refractivity contribution is 6.31. The van der Waals surface area contributed by atoms with Crippen LogP contribution in [-0.2, 0) is 0 Å². The number of carbonyl (C=O) groups is 1. The summed E-state index contributed by atoms with van der Waals surface area (Å²) >= 11 is 6.07. The Morgan fingerprint density at radius 3 is 2.62 bits per heavy atom. The lowest BCUT2D eigenvalue weighted by Crippen LogP contribution is -2.15. The number of para-hydroxylation sites is 1. The number of nitrogens with one attached hydrogen (secondary N) is 2. The van der Waals surface area contributed by atoms with Crippen LogP contribution in [0.3, 0.4) is 0 Å². The first-order chi connectivity index (χ1) is 11.6. The number of aromatic nitrogens is 2. The zero-order valence-electron chi connectivity index (χ0n) is 13.0. The molecule has 24 heavy (non-hydrogen) atoms. The van der Waals surface area contributed by atoms with Crippen molar-refractivity contribution in [1.29, 1.82) is 0 Å². The van der Waals surface area contributed by atoms with E-state index in [0.29, 0.717) is 16.5 Å². The Hall–Kier alpha value is -2.92. The summed E-state index contributed by atoms with van der Waals surface area (Å²) in [5.41, 5.74) is 2.61. The van der Waals surface area contributed by atoms with Crippen molar-refractivity contribution in [3.05, 3.63) is 77.2 Å². The Morgan fingerprint density at radius 1 is 1.04 bits per heavy atom.